The maximum atomic E-state index is 11.8. The summed E-state index contributed by atoms with van der Waals surface area (Å²) < 4.78 is 26.0. The predicted molar refractivity (Wildman–Crippen MR) is 67.2 cm³/mol. The Balaban J connectivity index is 0.00000256. The van der Waals surface area contributed by atoms with E-state index in [-0.39, 0.29) is 29.9 Å². The van der Waals surface area contributed by atoms with Crippen LogP contribution in [-0.4, -0.2) is 21.0 Å². The molecule has 1 rings (SSSR count). The van der Waals surface area contributed by atoms with Gasteiger partial charge in [0.1, 0.15) is 0 Å². The van der Waals surface area contributed by atoms with Crippen molar-refractivity contribution in [1.29, 1.82) is 5.26 Å². The lowest BCUT2D eigenvalue weighted by atomic mass is 10.2. The maximum absolute atomic E-state index is 11.8. The molecule has 0 aliphatic carbocycles. The van der Waals surface area contributed by atoms with E-state index in [0.29, 0.717) is 5.56 Å². The van der Waals surface area contributed by atoms with Gasteiger partial charge in [0.15, 0.2) is 0 Å². The van der Waals surface area contributed by atoms with Gasteiger partial charge in [0.25, 0.3) is 0 Å². The second-order valence-electron chi connectivity index (χ2n) is 3.40. The summed E-state index contributed by atoms with van der Waals surface area (Å²) in [5.41, 5.74) is 5.64. The first-order chi connectivity index (χ1) is 7.49. The number of sulfonamides is 1. The Morgan fingerprint density at radius 1 is 1.53 bits per heavy atom. The zero-order chi connectivity index (χ0) is 12.2. The van der Waals surface area contributed by atoms with Crippen molar-refractivity contribution < 1.29 is 8.42 Å². The van der Waals surface area contributed by atoms with Crippen molar-refractivity contribution in [2.75, 3.05) is 6.54 Å². The van der Waals surface area contributed by atoms with Gasteiger partial charge >= 0.3 is 0 Å². The summed E-state index contributed by atoms with van der Waals surface area (Å²) in [5, 5.41) is 8.67. The Hall–Kier alpha value is -1.13. The minimum atomic E-state index is -3.59. The molecule has 3 N–H and O–H groups in total. The van der Waals surface area contributed by atoms with Gasteiger partial charge in [0.2, 0.25) is 10.0 Å². The molecule has 7 heteroatoms. The molecule has 1 aromatic rings. The van der Waals surface area contributed by atoms with E-state index < -0.39 is 10.0 Å². The zero-order valence-corrected chi connectivity index (χ0v) is 10.9. The van der Waals surface area contributed by atoms with Gasteiger partial charge in [-0.2, -0.15) is 5.26 Å². The van der Waals surface area contributed by atoms with Crippen LogP contribution in [0, 0.1) is 11.3 Å². The summed E-state index contributed by atoms with van der Waals surface area (Å²) >= 11 is 0. The molecule has 0 bridgehead atoms. The smallest absolute Gasteiger partial charge is 0.240 e. The molecule has 1 atom stereocenters. The van der Waals surface area contributed by atoms with Gasteiger partial charge in [-0.15, -0.1) is 12.4 Å². The average molecular weight is 276 g/mol. The van der Waals surface area contributed by atoms with Crippen molar-refractivity contribution in [2.24, 2.45) is 5.73 Å². The van der Waals surface area contributed by atoms with Crippen LogP contribution in [0.3, 0.4) is 0 Å². The first-order valence-electron chi connectivity index (χ1n) is 4.72. The van der Waals surface area contributed by atoms with Gasteiger partial charge in [-0.3, -0.25) is 0 Å². The third-order valence-electron chi connectivity index (χ3n) is 1.98. The van der Waals surface area contributed by atoms with E-state index in [4.69, 9.17) is 11.0 Å². The standard InChI is InChI=1S/C10H13N3O2S.ClH/c1-8(6-11)13-16(14,15)10-4-2-3-9(5-10)7-12;/h2-5,8,13H,6,11H2,1H3;1H/t8-;/m0./s1. The van der Waals surface area contributed by atoms with Crippen molar-refractivity contribution in [3.63, 3.8) is 0 Å². The van der Waals surface area contributed by atoms with Gasteiger partial charge in [-0.1, -0.05) is 6.07 Å². The highest BCUT2D eigenvalue weighted by atomic mass is 35.5. The maximum Gasteiger partial charge on any atom is 0.240 e. The van der Waals surface area contributed by atoms with E-state index in [9.17, 15) is 8.42 Å². The van der Waals surface area contributed by atoms with E-state index >= 15 is 0 Å². The quantitative estimate of drug-likeness (QED) is 0.841. The highest BCUT2D eigenvalue weighted by Crippen LogP contribution is 2.11. The van der Waals surface area contributed by atoms with Crippen LogP contribution in [0.4, 0.5) is 0 Å². The van der Waals surface area contributed by atoms with E-state index in [0.717, 1.165) is 0 Å². The second kappa shape index (κ2) is 6.57. The van der Waals surface area contributed by atoms with Crippen LogP contribution in [-0.2, 0) is 10.0 Å². The van der Waals surface area contributed by atoms with Crippen LogP contribution in [0.15, 0.2) is 29.2 Å². The number of nitriles is 1. The van der Waals surface area contributed by atoms with Crippen molar-refractivity contribution in [1.82, 2.24) is 4.72 Å². The largest absolute Gasteiger partial charge is 0.329 e. The van der Waals surface area contributed by atoms with E-state index in [1.807, 2.05) is 6.07 Å². The number of hydrogen-bond acceptors (Lipinski definition) is 4. The number of nitrogens with one attached hydrogen (secondary N) is 1. The third kappa shape index (κ3) is 4.32. The molecule has 17 heavy (non-hydrogen) atoms. The Morgan fingerprint density at radius 2 is 2.18 bits per heavy atom. The van der Waals surface area contributed by atoms with E-state index in [1.165, 1.54) is 18.2 Å². The number of nitrogens with zero attached hydrogens (tertiary/aromatic N) is 1. The van der Waals surface area contributed by atoms with Gasteiger partial charge in [0, 0.05) is 12.6 Å². The fourth-order valence-corrected chi connectivity index (χ4v) is 2.42. The lowest BCUT2D eigenvalue weighted by Gasteiger charge is -2.11. The van der Waals surface area contributed by atoms with Crippen molar-refractivity contribution in [3.05, 3.63) is 29.8 Å². The van der Waals surface area contributed by atoms with Crippen LogP contribution >= 0.6 is 12.4 Å². The molecule has 0 saturated carbocycles. The van der Waals surface area contributed by atoms with Crippen molar-refractivity contribution >= 4 is 22.4 Å². The van der Waals surface area contributed by atoms with Gasteiger partial charge in [-0.25, -0.2) is 13.1 Å². The van der Waals surface area contributed by atoms with Crippen LogP contribution in [0.5, 0.6) is 0 Å². The molecule has 0 aromatic heterocycles. The normalized spacial score (nSPS) is 12.3. The lowest BCUT2D eigenvalue weighted by molar-refractivity contribution is 0.562. The van der Waals surface area contributed by atoms with Crippen LogP contribution in [0.1, 0.15) is 12.5 Å². The van der Waals surface area contributed by atoms with Gasteiger partial charge in [-0.05, 0) is 25.1 Å². The predicted octanol–water partition coefficient (Wildman–Crippen LogP) is 0.606. The minimum absolute atomic E-state index is 0. The third-order valence-corrected chi connectivity index (χ3v) is 3.57. The lowest BCUT2D eigenvalue weighted by Crippen LogP contribution is -2.37. The molecule has 0 spiro atoms. The molecule has 0 fully saturated rings. The SMILES string of the molecule is C[C@@H](CN)NS(=O)(=O)c1cccc(C#N)c1.Cl. The van der Waals surface area contributed by atoms with Gasteiger partial charge < -0.3 is 5.73 Å². The average Bonchev–Trinajstić information content (AvgIpc) is 2.28. The Kier molecular flexibility index (Phi) is 6.13. The molecule has 0 saturated heterocycles. The molecule has 0 radical (unpaired) electrons. The highest BCUT2D eigenvalue weighted by molar-refractivity contribution is 7.89. The van der Waals surface area contributed by atoms with Crippen LogP contribution in [0.25, 0.3) is 0 Å². The van der Waals surface area contributed by atoms with E-state index in [2.05, 4.69) is 4.72 Å². The summed E-state index contributed by atoms with van der Waals surface area (Å²) in [6, 6.07) is 7.39. The summed E-state index contributed by atoms with van der Waals surface area (Å²) in [5.74, 6) is 0. The van der Waals surface area contributed by atoms with Crippen LogP contribution < -0.4 is 10.5 Å². The molecule has 0 heterocycles. The van der Waals surface area contributed by atoms with Gasteiger partial charge in [0.05, 0.1) is 16.5 Å². The first-order valence-corrected chi connectivity index (χ1v) is 6.20. The number of nitrogens with two attached hydrogens (primary N) is 1. The zero-order valence-electron chi connectivity index (χ0n) is 9.25. The minimum Gasteiger partial charge on any atom is -0.329 e. The van der Waals surface area contributed by atoms with Crippen molar-refractivity contribution in [3.8, 4) is 6.07 Å². The molecular formula is C10H14ClN3O2S. The summed E-state index contributed by atoms with van der Waals surface area (Å²) in [7, 11) is -3.59. The number of halogens is 1. The molecular weight excluding hydrogens is 262 g/mol. The Morgan fingerprint density at radius 3 is 2.71 bits per heavy atom. The molecule has 0 amide bonds. The molecule has 0 aliphatic heterocycles. The number of rotatable bonds is 4. The summed E-state index contributed by atoms with van der Waals surface area (Å²) in [4.78, 5) is 0.0758. The molecule has 1 aromatic carbocycles. The fourth-order valence-electron chi connectivity index (χ4n) is 1.11. The summed E-state index contributed by atoms with van der Waals surface area (Å²) in [6.07, 6.45) is 0. The second-order valence-corrected chi connectivity index (χ2v) is 5.11. The highest BCUT2D eigenvalue weighted by Gasteiger charge is 2.16. The van der Waals surface area contributed by atoms with E-state index in [1.54, 1.807) is 13.0 Å². The number of benzene rings is 1. The monoisotopic (exact) mass is 275 g/mol. The topological polar surface area (TPSA) is 96.0 Å². The molecule has 0 aliphatic rings. The van der Waals surface area contributed by atoms with Crippen molar-refractivity contribution in [2.45, 2.75) is 17.9 Å². The first kappa shape index (κ1) is 15.9. The molecule has 5 nitrogen and oxygen atoms in total. The molecule has 94 valence electrons. The Labute approximate surface area is 107 Å². The van der Waals surface area contributed by atoms with Crippen LogP contribution in [0.2, 0.25) is 0 Å². The Bertz CT molecular complexity index is 511. The fraction of sp³-hybridized carbons (Fsp3) is 0.300. The summed E-state index contributed by atoms with van der Waals surface area (Å²) in [6.45, 7) is 1.89. The number of hydrogen-bond donors (Lipinski definition) is 2. The molecule has 0 unspecified atom stereocenters.